The van der Waals surface area contributed by atoms with Crippen LogP contribution in [0.1, 0.15) is 12.5 Å². The van der Waals surface area contributed by atoms with E-state index in [1.165, 1.54) is 0 Å². The molecule has 0 radical (unpaired) electrons. The summed E-state index contributed by atoms with van der Waals surface area (Å²) in [5, 5.41) is 3.19. The van der Waals surface area contributed by atoms with E-state index in [0.29, 0.717) is 18.0 Å². The Bertz CT molecular complexity index is 482. The minimum absolute atomic E-state index is 0.00931. The summed E-state index contributed by atoms with van der Waals surface area (Å²) < 4.78 is 26.4. The first kappa shape index (κ1) is 12.5. The van der Waals surface area contributed by atoms with Gasteiger partial charge in [0.05, 0.1) is 4.90 Å². The van der Waals surface area contributed by atoms with Gasteiger partial charge in [-0.15, -0.1) is 0 Å². The molecular formula is C12H18N2O2S. The second kappa shape index (κ2) is 4.76. The maximum Gasteiger partial charge on any atom is 0.243 e. The van der Waals surface area contributed by atoms with Crippen LogP contribution in [0, 0.1) is 6.92 Å². The second-order valence-electron chi connectivity index (χ2n) is 4.48. The Morgan fingerprint density at radius 3 is 2.53 bits per heavy atom. The topological polar surface area (TPSA) is 49.4 Å². The summed E-state index contributed by atoms with van der Waals surface area (Å²) in [7, 11) is -3.33. The van der Waals surface area contributed by atoms with Crippen molar-refractivity contribution in [3.63, 3.8) is 0 Å². The average Bonchev–Trinajstić information content (AvgIpc) is 2.30. The Morgan fingerprint density at radius 2 is 1.94 bits per heavy atom. The maximum absolute atomic E-state index is 12.4. The van der Waals surface area contributed by atoms with Crippen LogP contribution in [0.4, 0.5) is 0 Å². The van der Waals surface area contributed by atoms with E-state index in [0.717, 1.165) is 12.1 Å². The molecule has 1 aliphatic heterocycles. The lowest BCUT2D eigenvalue weighted by Gasteiger charge is -2.32. The summed E-state index contributed by atoms with van der Waals surface area (Å²) in [6.07, 6.45) is 0. The van der Waals surface area contributed by atoms with Crippen LogP contribution in [0.15, 0.2) is 29.2 Å². The van der Waals surface area contributed by atoms with Gasteiger partial charge in [0.2, 0.25) is 10.0 Å². The predicted molar refractivity (Wildman–Crippen MR) is 67.4 cm³/mol. The van der Waals surface area contributed by atoms with Gasteiger partial charge in [-0.2, -0.15) is 4.31 Å². The molecule has 0 unspecified atom stereocenters. The molecule has 1 fully saturated rings. The monoisotopic (exact) mass is 254 g/mol. The van der Waals surface area contributed by atoms with Gasteiger partial charge in [-0.25, -0.2) is 8.42 Å². The first-order valence-corrected chi connectivity index (χ1v) is 7.25. The molecule has 0 saturated carbocycles. The van der Waals surface area contributed by atoms with Crippen LogP contribution in [-0.4, -0.2) is 38.4 Å². The molecule has 0 aliphatic carbocycles. The van der Waals surface area contributed by atoms with E-state index in [1.807, 2.05) is 26.0 Å². The van der Waals surface area contributed by atoms with Gasteiger partial charge in [0, 0.05) is 25.7 Å². The fraction of sp³-hybridized carbons (Fsp3) is 0.500. The quantitative estimate of drug-likeness (QED) is 0.856. The molecule has 0 bridgehead atoms. The minimum atomic E-state index is -3.33. The van der Waals surface area contributed by atoms with Crippen LogP contribution in [0.2, 0.25) is 0 Å². The summed E-state index contributed by atoms with van der Waals surface area (Å²) in [6, 6.07) is 7.04. The highest BCUT2D eigenvalue weighted by molar-refractivity contribution is 7.89. The molecule has 1 aliphatic rings. The molecule has 0 amide bonds. The normalized spacial score (nSPS) is 22.6. The van der Waals surface area contributed by atoms with Gasteiger partial charge in [-0.1, -0.05) is 17.7 Å². The molecule has 94 valence electrons. The third kappa shape index (κ3) is 2.51. The minimum Gasteiger partial charge on any atom is -0.314 e. The Kier molecular flexibility index (Phi) is 3.51. The molecule has 0 aromatic heterocycles. The fourth-order valence-corrected chi connectivity index (χ4v) is 3.66. The van der Waals surface area contributed by atoms with E-state index >= 15 is 0 Å². The van der Waals surface area contributed by atoms with Crippen molar-refractivity contribution in [2.24, 2.45) is 0 Å². The predicted octanol–water partition coefficient (Wildman–Crippen LogP) is 0.977. The largest absolute Gasteiger partial charge is 0.314 e. The summed E-state index contributed by atoms with van der Waals surface area (Å²) >= 11 is 0. The van der Waals surface area contributed by atoms with Crippen LogP contribution in [0.5, 0.6) is 0 Å². The first-order valence-electron chi connectivity index (χ1n) is 5.81. The Labute approximate surface area is 103 Å². The zero-order valence-electron chi connectivity index (χ0n) is 10.2. The van der Waals surface area contributed by atoms with Crippen molar-refractivity contribution in [1.29, 1.82) is 0 Å². The zero-order valence-corrected chi connectivity index (χ0v) is 11.0. The van der Waals surface area contributed by atoms with Crippen molar-refractivity contribution in [1.82, 2.24) is 9.62 Å². The molecule has 1 heterocycles. The van der Waals surface area contributed by atoms with E-state index < -0.39 is 10.0 Å². The van der Waals surface area contributed by atoms with Crippen LogP contribution in [0.25, 0.3) is 0 Å². The fourth-order valence-electron chi connectivity index (χ4n) is 2.03. The van der Waals surface area contributed by atoms with E-state index in [4.69, 9.17) is 0 Å². The van der Waals surface area contributed by atoms with E-state index in [1.54, 1.807) is 16.4 Å². The number of hydrogen-bond donors (Lipinski definition) is 1. The van der Waals surface area contributed by atoms with Crippen LogP contribution < -0.4 is 5.32 Å². The third-order valence-corrected chi connectivity index (χ3v) is 5.10. The number of sulfonamides is 1. The van der Waals surface area contributed by atoms with Gasteiger partial charge in [0.15, 0.2) is 0 Å². The van der Waals surface area contributed by atoms with Crippen molar-refractivity contribution >= 4 is 10.0 Å². The van der Waals surface area contributed by atoms with Gasteiger partial charge in [0.25, 0.3) is 0 Å². The molecule has 1 atom stereocenters. The number of nitrogens with one attached hydrogen (secondary N) is 1. The van der Waals surface area contributed by atoms with Gasteiger partial charge < -0.3 is 5.32 Å². The second-order valence-corrected chi connectivity index (χ2v) is 6.37. The van der Waals surface area contributed by atoms with Gasteiger partial charge in [-0.3, -0.25) is 0 Å². The lowest BCUT2D eigenvalue weighted by molar-refractivity contribution is 0.284. The smallest absolute Gasteiger partial charge is 0.243 e. The SMILES string of the molecule is Cc1ccc(S(=O)(=O)N2CCNC[C@@H]2C)cc1. The van der Waals surface area contributed by atoms with E-state index in [2.05, 4.69) is 5.32 Å². The summed E-state index contributed by atoms with van der Waals surface area (Å²) in [4.78, 5) is 0.386. The molecular weight excluding hydrogens is 236 g/mol. The molecule has 0 spiro atoms. The number of piperazine rings is 1. The molecule has 4 nitrogen and oxygen atoms in total. The number of hydrogen-bond acceptors (Lipinski definition) is 3. The summed E-state index contributed by atoms with van der Waals surface area (Å²) in [5.74, 6) is 0. The highest BCUT2D eigenvalue weighted by Gasteiger charge is 2.30. The molecule has 2 rings (SSSR count). The molecule has 1 N–H and O–H groups in total. The zero-order chi connectivity index (χ0) is 12.5. The highest BCUT2D eigenvalue weighted by Crippen LogP contribution is 2.19. The average molecular weight is 254 g/mol. The summed E-state index contributed by atoms with van der Waals surface area (Å²) in [5.41, 5.74) is 1.07. The highest BCUT2D eigenvalue weighted by atomic mass is 32.2. The Balaban J connectivity index is 2.32. The van der Waals surface area contributed by atoms with Gasteiger partial charge in [0.1, 0.15) is 0 Å². The van der Waals surface area contributed by atoms with E-state index in [9.17, 15) is 8.42 Å². The third-order valence-electron chi connectivity index (χ3n) is 3.07. The maximum atomic E-state index is 12.4. The van der Waals surface area contributed by atoms with Crippen molar-refractivity contribution in [2.75, 3.05) is 19.6 Å². The number of rotatable bonds is 2. The Hall–Kier alpha value is -0.910. The van der Waals surface area contributed by atoms with Crippen LogP contribution in [0.3, 0.4) is 0 Å². The molecule has 1 aromatic rings. The van der Waals surface area contributed by atoms with Crippen molar-refractivity contribution in [3.05, 3.63) is 29.8 Å². The lowest BCUT2D eigenvalue weighted by atomic mass is 10.2. The van der Waals surface area contributed by atoms with Crippen molar-refractivity contribution in [2.45, 2.75) is 24.8 Å². The van der Waals surface area contributed by atoms with E-state index in [-0.39, 0.29) is 6.04 Å². The van der Waals surface area contributed by atoms with Crippen LogP contribution in [-0.2, 0) is 10.0 Å². The van der Waals surface area contributed by atoms with Crippen LogP contribution >= 0.6 is 0 Å². The van der Waals surface area contributed by atoms with Gasteiger partial charge in [-0.05, 0) is 26.0 Å². The first-order chi connectivity index (χ1) is 8.01. The van der Waals surface area contributed by atoms with Crippen molar-refractivity contribution < 1.29 is 8.42 Å². The molecule has 17 heavy (non-hydrogen) atoms. The van der Waals surface area contributed by atoms with Gasteiger partial charge >= 0.3 is 0 Å². The molecule has 1 aromatic carbocycles. The Morgan fingerprint density at radius 1 is 1.29 bits per heavy atom. The van der Waals surface area contributed by atoms with Crippen molar-refractivity contribution in [3.8, 4) is 0 Å². The number of benzene rings is 1. The summed E-state index contributed by atoms with van der Waals surface area (Å²) in [6.45, 7) is 5.85. The molecule has 1 saturated heterocycles. The number of aryl methyl sites for hydroxylation is 1. The molecule has 5 heteroatoms. The standard InChI is InChI=1S/C12H18N2O2S/c1-10-3-5-12(6-4-10)17(15,16)14-8-7-13-9-11(14)2/h3-6,11,13H,7-9H2,1-2H3/t11-/m0/s1. The lowest BCUT2D eigenvalue weighted by Crippen LogP contribution is -2.52. The number of nitrogens with zero attached hydrogens (tertiary/aromatic N) is 1.